The minimum atomic E-state index is 0.179. The van der Waals surface area contributed by atoms with Gasteiger partial charge in [0.25, 0.3) is 0 Å². The first kappa shape index (κ1) is 15.0. The van der Waals surface area contributed by atoms with Crippen LogP contribution in [0, 0.1) is 5.41 Å². The van der Waals surface area contributed by atoms with Gasteiger partial charge in [-0.15, -0.1) is 0 Å². The molecule has 0 spiro atoms. The van der Waals surface area contributed by atoms with E-state index in [9.17, 15) is 0 Å². The largest absolute Gasteiger partial charge is 0.399 e. The Labute approximate surface area is 112 Å². The molecule has 2 heteroatoms. The Morgan fingerprint density at radius 1 is 1.11 bits per heavy atom. The van der Waals surface area contributed by atoms with Gasteiger partial charge in [0.1, 0.15) is 0 Å². The SMILES string of the molecule is CC(C)(C)CC(C)(C)NCCc1cccc(N)c1. The van der Waals surface area contributed by atoms with Crippen LogP contribution in [-0.2, 0) is 6.42 Å². The van der Waals surface area contributed by atoms with E-state index in [1.807, 2.05) is 12.1 Å². The van der Waals surface area contributed by atoms with Crippen LogP contribution in [0.2, 0.25) is 0 Å². The van der Waals surface area contributed by atoms with Crippen LogP contribution in [0.5, 0.6) is 0 Å². The van der Waals surface area contributed by atoms with E-state index in [0.29, 0.717) is 5.41 Å². The Morgan fingerprint density at radius 3 is 2.33 bits per heavy atom. The zero-order valence-electron chi connectivity index (χ0n) is 12.5. The van der Waals surface area contributed by atoms with Gasteiger partial charge in [-0.1, -0.05) is 32.9 Å². The zero-order chi connectivity index (χ0) is 13.8. The molecule has 0 saturated heterocycles. The third-order valence-corrected chi connectivity index (χ3v) is 2.94. The molecule has 0 fully saturated rings. The summed E-state index contributed by atoms with van der Waals surface area (Å²) in [6, 6.07) is 8.14. The molecule has 1 rings (SSSR count). The third-order valence-electron chi connectivity index (χ3n) is 2.94. The molecule has 0 aliphatic heterocycles. The van der Waals surface area contributed by atoms with Crippen molar-refractivity contribution in [2.45, 2.75) is 53.0 Å². The predicted octanol–water partition coefficient (Wildman–Crippen LogP) is 3.62. The van der Waals surface area contributed by atoms with Crippen molar-refractivity contribution in [3.05, 3.63) is 29.8 Å². The second kappa shape index (κ2) is 5.75. The molecule has 0 unspecified atom stereocenters. The van der Waals surface area contributed by atoms with Gasteiger partial charge in [0, 0.05) is 11.2 Å². The second-order valence-electron chi connectivity index (χ2n) is 7.04. The van der Waals surface area contributed by atoms with Crippen LogP contribution in [0.15, 0.2) is 24.3 Å². The first-order valence-corrected chi connectivity index (χ1v) is 6.77. The van der Waals surface area contributed by atoms with Gasteiger partial charge in [-0.05, 0) is 56.3 Å². The fourth-order valence-electron chi connectivity index (χ4n) is 2.68. The Morgan fingerprint density at radius 2 is 1.78 bits per heavy atom. The van der Waals surface area contributed by atoms with Crippen molar-refractivity contribution >= 4 is 5.69 Å². The monoisotopic (exact) mass is 248 g/mol. The number of nitrogens with two attached hydrogens (primary N) is 1. The van der Waals surface area contributed by atoms with Gasteiger partial charge in [-0.25, -0.2) is 0 Å². The number of nitrogens with one attached hydrogen (secondary N) is 1. The first-order valence-electron chi connectivity index (χ1n) is 6.77. The third kappa shape index (κ3) is 6.06. The molecule has 0 radical (unpaired) electrons. The molecule has 3 N–H and O–H groups in total. The average Bonchev–Trinajstić information content (AvgIpc) is 2.13. The van der Waals surface area contributed by atoms with Crippen molar-refractivity contribution in [1.82, 2.24) is 5.32 Å². The molecule has 0 saturated carbocycles. The van der Waals surface area contributed by atoms with Gasteiger partial charge in [0.2, 0.25) is 0 Å². The fourth-order valence-corrected chi connectivity index (χ4v) is 2.68. The van der Waals surface area contributed by atoms with Gasteiger partial charge in [0.05, 0.1) is 0 Å². The van der Waals surface area contributed by atoms with Gasteiger partial charge >= 0.3 is 0 Å². The maximum absolute atomic E-state index is 5.78. The van der Waals surface area contributed by atoms with Crippen molar-refractivity contribution in [1.29, 1.82) is 0 Å². The smallest absolute Gasteiger partial charge is 0.0316 e. The van der Waals surface area contributed by atoms with E-state index < -0.39 is 0 Å². The highest BCUT2D eigenvalue weighted by molar-refractivity contribution is 5.40. The molecule has 0 heterocycles. The van der Waals surface area contributed by atoms with Gasteiger partial charge in [0.15, 0.2) is 0 Å². The standard InChI is InChI=1S/C16H28N2/c1-15(2,3)12-16(4,5)18-10-9-13-7-6-8-14(17)11-13/h6-8,11,18H,9-10,12,17H2,1-5H3. The van der Waals surface area contributed by atoms with Crippen LogP contribution in [-0.4, -0.2) is 12.1 Å². The lowest BCUT2D eigenvalue weighted by molar-refractivity contribution is 0.243. The summed E-state index contributed by atoms with van der Waals surface area (Å²) in [5.74, 6) is 0. The summed E-state index contributed by atoms with van der Waals surface area (Å²) < 4.78 is 0. The van der Waals surface area contributed by atoms with Crippen molar-refractivity contribution in [3.63, 3.8) is 0 Å². The molecule has 0 bridgehead atoms. The Kier molecular flexibility index (Phi) is 4.80. The van der Waals surface area contributed by atoms with Crippen LogP contribution in [0.25, 0.3) is 0 Å². The quantitative estimate of drug-likeness (QED) is 0.781. The Balaban J connectivity index is 2.41. The molecule has 1 aromatic rings. The number of rotatable bonds is 5. The molecule has 0 aromatic heterocycles. The van der Waals surface area contributed by atoms with Gasteiger partial charge in [-0.2, -0.15) is 0 Å². The number of nitrogen functional groups attached to an aromatic ring is 1. The molecule has 0 aliphatic carbocycles. The molecule has 0 atom stereocenters. The van der Waals surface area contributed by atoms with E-state index in [1.165, 1.54) is 5.56 Å². The first-order chi connectivity index (χ1) is 8.18. The molecule has 0 amide bonds. The van der Waals surface area contributed by atoms with Crippen LogP contribution < -0.4 is 11.1 Å². The van der Waals surface area contributed by atoms with E-state index in [-0.39, 0.29) is 5.54 Å². The molecule has 0 aliphatic rings. The van der Waals surface area contributed by atoms with Crippen LogP contribution >= 0.6 is 0 Å². The highest BCUT2D eigenvalue weighted by Gasteiger charge is 2.24. The summed E-state index contributed by atoms with van der Waals surface area (Å²) in [6.07, 6.45) is 2.19. The van der Waals surface area contributed by atoms with Crippen molar-refractivity contribution < 1.29 is 0 Å². The van der Waals surface area contributed by atoms with Gasteiger partial charge < -0.3 is 11.1 Å². The Bertz CT molecular complexity index is 375. The molecular formula is C16H28N2. The maximum Gasteiger partial charge on any atom is 0.0316 e. The van der Waals surface area contributed by atoms with Crippen LogP contribution in [0.1, 0.15) is 46.6 Å². The van der Waals surface area contributed by atoms with E-state index in [2.05, 4.69) is 52.1 Å². The number of hydrogen-bond acceptors (Lipinski definition) is 2. The molecule has 18 heavy (non-hydrogen) atoms. The lowest BCUT2D eigenvalue weighted by Crippen LogP contribution is -2.43. The number of benzene rings is 1. The van der Waals surface area contributed by atoms with E-state index in [4.69, 9.17) is 5.73 Å². The zero-order valence-corrected chi connectivity index (χ0v) is 12.5. The summed E-state index contributed by atoms with van der Waals surface area (Å²) in [4.78, 5) is 0. The van der Waals surface area contributed by atoms with Crippen LogP contribution in [0.4, 0.5) is 5.69 Å². The highest BCUT2D eigenvalue weighted by atomic mass is 14.9. The molecule has 2 nitrogen and oxygen atoms in total. The van der Waals surface area contributed by atoms with Crippen LogP contribution in [0.3, 0.4) is 0 Å². The minimum absolute atomic E-state index is 0.179. The number of hydrogen-bond donors (Lipinski definition) is 2. The average molecular weight is 248 g/mol. The van der Waals surface area contributed by atoms with Crippen molar-refractivity contribution in [3.8, 4) is 0 Å². The summed E-state index contributed by atoms with van der Waals surface area (Å²) in [6.45, 7) is 12.4. The summed E-state index contributed by atoms with van der Waals surface area (Å²) in [5, 5.41) is 3.64. The molecular weight excluding hydrogens is 220 g/mol. The Hall–Kier alpha value is -1.02. The lowest BCUT2D eigenvalue weighted by Gasteiger charge is -2.33. The lowest BCUT2D eigenvalue weighted by atomic mass is 9.82. The number of anilines is 1. The summed E-state index contributed by atoms with van der Waals surface area (Å²) in [7, 11) is 0. The van der Waals surface area contributed by atoms with Gasteiger partial charge in [-0.3, -0.25) is 0 Å². The minimum Gasteiger partial charge on any atom is -0.399 e. The highest BCUT2D eigenvalue weighted by Crippen LogP contribution is 2.26. The van der Waals surface area contributed by atoms with E-state index in [1.54, 1.807) is 0 Å². The molecule has 1 aromatic carbocycles. The fraction of sp³-hybridized carbons (Fsp3) is 0.625. The van der Waals surface area contributed by atoms with E-state index in [0.717, 1.165) is 25.1 Å². The summed E-state index contributed by atoms with van der Waals surface area (Å²) >= 11 is 0. The second-order valence-corrected chi connectivity index (χ2v) is 7.04. The topological polar surface area (TPSA) is 38.0 Å². The predicted molar refractivity (Wildman–Crippen MR) is 80.7 cm³/mol. The normalized spacial score (nSPS) is 12.7. The van der Waals surface area contributed by atoms with E-state index >= 15 is 0 Å². The van der Waals surface area contributed by atoms with Crippen molar-refractivity contribution in [2.24, 2.45) is 5.41 Å². The maximum atomic E-state index is 5.78. The molecule has 102 valence electrons. The summed E-state index contributed by atoms with van der Waals surface area (Å²) in [5.41, 5.74) is 8.46. The van der Waals surface area contributed by atoms with Crippen molar-refractivity contribution in [2.75, 3.05) is 12.3 Å².